The average molecular weight is 257 g/mol. The number of hydrogen-bond acceptors (Lipinski definition) is 6. The van der Waals surface area contributed by atoms with Crippen molar-refractivity contribution in [3.8, 4) is 0 Å². The fraction of sp³-hybridized carbons (Fsp3) is 0.700. The molecule has 0 spiro atoms. The van der Waals surface area contributed by atoms with E-state index in [0.717, 1.165) is 0 Å². The van der Waals surface area contributed by atoms with Crippen molar-refractivity contribution < 1.29 is 15.0 Å². The molecule has 0 aromatic carbocycles. The minimum atomic E-state index is -0.206. The minimum Gasteiger partial charge on any atom is -0.396 e. The van der Waals surface area contributed by atoms with E-state index in [1.165, 1.54) is 6.33 Å². The van der Waals surface area contributed by atoms with Gasteiger partial charge in [0.25, 0.3) is 0 Å². The molecule has 1 heterocycles. The van der Waals surface area contributed by atoms with Gasteiger partial charge in [-0.25, -0.2) is 5.10 Å². The highest BCUT2D eigenvalue weighted by molar-refractivity contribution is 5.90. The van der Waals surface area contributed by atoms with Crippen LogP contribution < -0.4 is 5.32 Å². The standard InChI is InChI=1S/C10H19N5O3/c16-5-1-3-15(4-2-6-17)7-9(18)13-10-11-8-12-14-10/h8,16-17H,1-7H2,(H2,11,12,13,14,18). The van der Waals surface area contributed by atoms with Crippen molar-refractivity contribution in [2.45, 2.75) is 12.8 Å². The predicted molar refractivity (Wildman–Crippen MR) is 64.9 cm³/mol. The molecule has 1 aromatic rings. The molecule has 0 saturated carbocycles. The van der Waals surface area contributed by atoms with Crippen molar-refractivity contribution in [1.82, 2.24) is 20.1 Å². The molecule has 1 amide bonds. The van der Waals surface area contributed by atoms with Gasteiger partial charge in [0.05, 0.1) is 6.54 Å². The summed E-state index contributed by atoms with van der Waals surface area (Å²) in [6.45, 7) is 1.58. The van der Waals surface area contributed by atoms with Crippen molar-refractivity contribution in [3.05, 3.63) is 6.33 Å². The molecule has 0 aliphatic carbocycles. The first-order chi connectivity index (χ1) is 8.76. The lowest BCUT2D eigenvalue weighted by atomic mass is 10.3. The Morgan fingerprint density at radius 2 is 2.00 bits per heavy atom. The molecule has 18 heavy (non-hydrogen) atoms. The maximum absolute atomic E-state index is 11.7. The molecule has 0 aliphatic heterocycles. The molecule has 0 radical (unpaired) electrons. The lowest BCUT2D eigenvalue weighted by molar-refractivity contribution is -0.117. The number of nitrogens with one attached hydrogen (secondary N) is 2. The van der Waals surface area contributed by atoms with Crippen LogP contribution in [0.15, 0.2) is 6.33 Å². The molecule has 1 aromatic heterocycles. The smallest absolute Gasteiger partial charge is 0.240 e. The maximum atomic E-state index is 11.7. The Labute approximate surface area is 105 Å². The van der Waals surface area contributed by atoms with Gasteiger partial charge in [0.2, 0.25) is 11.9 Å². The number of aliphatic hydroxyl groups is 2. The summed E-state index contributed by atoms with van der Waals surface area (Å²) in [7, 11) is 0. The molecule has 102 valence electrons. The average Bonchev–Trinajstić information content (AvgIpc) is 2.85. The van der Waals surface area contributed by atoms with E-state index in [2.05, 4.69) is 20.5 Å². The summed E-state index contributed by atoms with van der Waals surface area (Å²) in [6.07, 6.45) is 2.51. The van der Waals surface area contributed by atoms with Crippen molar-refractivity contribution >= 4 is 11.9 Å². The van der Waals surface area contributed by atoms with E-state index < -0.39 is 0 Å². The van der Waals surface area contributed by atoms with Gasteiger partial charge in [-0.15, -0.1) is 0 Å². The van der Waals surface area contributed by atoms with Crippen LogP contribution in [0, 0.1) is 0 Å². The van der Waals surface area contributed by atoms with Crippen molar-refractivity contribution in [2.75, 3.05) is 38.2 Å². The Morgan fingerprint density at radius 1 is 1.33 bits per heavy atom. The number of amides is 1. The molecule has 1 rings (SSSR count). The summed E-state index contributed by atoms with van der Waals surface area (Å²) in [5, 5.41) is 26.3. The van der Waals surface area contributed by atoms with Crippen LogP contribution >= 0.6 is 0 Å². The third-order valence-electron chi connectivity index (χ3n) is 2.30. The van der Waals surface area contributed by atoms with Gasteiger partial charge < -0.3 is 10.2 Å². The number of hydrogen-bond donors (Lipinski definition) is 4. The molecular weight excluding hydrogens is 238 g/mol. The molecule has 0 aliphatic rings. The van der Waals surface area contributed by atoms with Crippen molar-refractivity contribution in [2.24, 2.45) is 0 Å². The molecule has 8 heteroatoms. The van der Waals surface area contributed by atoms with Gasteiger partial charge in [0.15, 0.2) is 0 Å². The van der Waals surface area contributed by atoms with Crippen molar-refractivity contribution in [3.63, 3.8) is 0 Å². The summed E-state index contributed by atoms with van der Waals surface area (Å²) in [6, 6.07) is 0. The lowest BCUT2D eigenvalue weighted by Crippen LogP contribution is -2.35. The minimum absolute atomic E-state index is 0.0827. The molecule has 8 nitrogen and oxygen atoms in total. The summed E-state index contributed by atoms with van der Waals surface area (Å²) in [5.74, 6) is 0.104. The van der Waals surface area contributed by atoms with Crippen LogP contribution in [0.2, 0.25) is 0 Å². The summed E-state index contributed by atoms with van der Waals surface area (Å²) >= 11 is 0. The molecular formula is C10H19N5O3. The number of aromatic nitrogens is 3. The zero-order valence-corrected chi connectivity index (χ0v) is 10.2. The number of carbonyl (C=O) groups excluding carboxylic acids is 1. The Morgan fingerprint density at radius 3 is 2.50 bits per heavy atom. The molecule has 0 unspecified atom stereocenters. The topological polar surface area (TPSA) is 114 Å². The monoisotopic (exact) mass is 257 g/mol. The van der Waals surface area contributed by atoms with E-state index in [0.29, 0.717) is 31.9 Å². The van der Waals surface area contributed by atoms with Crippen LogP contribution in [0.3, 0.4) is 0 Å². The number of H-pyrrole nitrogens is 1. The zero-order valence-electron chi connectivity index (χ0n) is 10.2. The highest BCUT2D eigenvalue weighted by atomic mass is 16.3. The van der Waals surface area contributed by atoms with Gasteiger partial charge in [0, 0.05) is 26.3 Å². The van der Waals surface area contributed by atoms with Gasteiger partial charge in [-0.05, 0) is 12.8 Å². The second-order valence-electron chi connectivity index (χ2n) is 3.81. The maximum Gasteiger partial charge on any atom is 0.240 e. The Bertz CT molecular complexity index is 322. The van der Waals surface area contributed by atoms with Crippen LogP contribution in [0.5, 0.6) is 0 Å². The van der Waals surface area contributed by atoms with E-state index >= 15 is 0 Å². The summed E-state index contributed by atoms with van der Waals surface area (Å²) in [5.41, 5.74) is 0. The molecule has 0 saturated heterocycles. The first-order valence-corrected chi connectivity index (χ1v) is 5.85. The van der Waals surface area contributed by atoms with E-state index in [1.54, 1.807) is 0 Å². The quantitative estimate of drug-likeness (QED) is 0.442. The predicted octanol–water partition coefficient (Wildman–Crippen LogP) is -1.19. The van der Waals surface area contributed by atoms with E-state index in [1.807, 2.05) is 4.90 Å². The van der Waals surface area contributed by atoms with Crippen LogP contribution in [0.25, 0.3) is 0 Å². The number of anilines is 1. The van der Waals surface area contributed by atoms with E-state index in [4.69, 9.17) is 10.2 Å². The van der Waals surface area contributed by atoms with Gasteiger partial charge in [-0.2, -0.15) is 10.1 Å². The number of carbonyl (C=O) groups is 1. The molecule has 0 fully saturated rings. The Balaban J connectivity index is 2.35. The Hall–Kier alpha value is -1.51. The fourth-order valence-corrected chi connectivity index (χ4v) is 1.50. The highest BCUT2D eigenvalue weighted by Gasteiger charge is 2.11. The molecule has 0 bridgehead atoms. The second kappa shape index (κ2) is 8.56. The summed E-state index contributed by atoms with van der Waals surface area (Å²) in [4.78, 5) is 17.3. The second-order valence-corrected chi connectivity index (χ2v) is 3.81. The molecule has 0 atom stereocenters. The number of nitrogens with zero attached hydrogens (tertiary/aromatic N) is 3. The number of aromatic amines is 1. The highest BCUT2D eigenvalue weighted by Crippen LogP contribution is 1.97. The molecule has 4 N–H and O–H groups in total. The summed E-state index contributed by atoms with van der Waals surface area (Å²) < 4.78 is 0. The van der Waals surface area contributed by atoms with Gasteiger partial charge in [-0.3, -0.25) is 15.0 Å². The van der Waals surface area contributed by atoms with Crippen molar-refractivity contribution in [1.29, 1.82) is 0 Å². The van der Waals surface area contributed by atoms with Gasteiger partial charge >= 0.3 is 0 Å². The van der Waals surface area contributed by atoms with Crippen LogP contribution in [0.4, 0.5) is 5.95 Å². The zero-order chi connectivity index (χ0) is 13.2. The largest absolute Gasteiger partial charge is 0.396 e. The third-order valence-corrected chi connectivity index (χ3v) is 2.30. The first kappa shape index (κ1) is 14.6. The van der Waals surface area contributed by atoms with Crippen LogP contribution in [0.1, 0.15) is 12.8 Å². The SMILES string of the molecule is O=C(CN(CCCO)CCCO)Nc1ncn[nH]1. The van der Waals surface area contributed by atoms with E-state index in [9.17, 15) is 4.79 Å². The Kier molecular flexibility index (Phi) is 6.92. The number of rotatable bonds is 9. The third kappa shape index (κ3) is 5.71. The number of aliphatic hydroxyl groups excluding tert-OH is 2. The lowest BCUT2D eigenvalue weighted by Gasteiger charge is -2.20. The fourth-order valence-electron chi connectivity index (χ4n) is 1.50. The van der Waals surface area contributed by atoms with Gasteiger partial charge in [0.1, 0.15) is 6.33 Å². The van der Waals surface area contributed by atoms with Crippen LogP contribution in [-0.2, 0) is 4.79 Å². The normalized spacial score (nSPS) is 10.8. The van der Waals surface area contributed by atoms with Crippen LogP contribution in [-0.4, -0.2) is 69.0 Å². The first-order valence-electron chi connectivity index (χ1n) is 5.85. The van der Waals surface area contributed by atoms with E-state index in [-0.39, 0.29) is 25.7 Å². The van der Waals surface area contributed by atoms with Gasteiger partial charge in [-0.1, -0.05) is 0 Å².